The summed E-state index contributed by atoms with van der Waals surface area (Å²) in [5, 5.41) is 0. The summed E-state index contributed by atoms with van der Waals surface area (Å²) in [4.78, 5) is -0.331. The van der Waals surface area contributed by atoms with Crippen molar-refractivity contribution in [3.8, 4) is 0 Å². The zero-order chi connectivity index (χ0) is 13.2. The largest absolute Gasteiger partial charge is 0.465 e. The molecule has 0 saturated heterocycles. The van der Waals surface area contributed by atoms with Gasteiger partial charge in [0.2, 0.25) is 5.69 Å². The molecule has 0 aliphatic rings. The minimum Gasteiger partial charge on any atom is -0.282 e. The van der Waals surface area contributed by atoms with Crippen molar-refractivity contribution >= 4 is 26.3 Å². The van der Waals surface area contributed by atoms with Crippen LogP contribution in [0.2, 0.25) is 0 Å². The molecule has 0 saturated carbocycles. The predicted octanol–water partition coefficient (Wildman–Crippen LogP) is 0.968. The van der Waals surface area contributed by atoms with Gasteiger partial charge >= 0.3 is 10.5 Å². The van der Waals surface area contributed by atoms with Crippen LogP contribution in [0.25, 0.3) is 0 Å². The van der Waals surface area contributed by atoms with E-state index in [9.17, 15) is 16.8 Å². The lowest BCUT2D eigenvalue weighted by molar-refractivity contribution is -0.410. The fraction of sp³-hybridized carbons (Fsp3) is 0.333. The first-order valence-electron chi connectivity index (χ1n) is 4.72. The molecule has 0 radical (unpaired) electrons. The molecule has 1 rings (SSSR count). The van der Waals surface area contributed by atoms with Gasteiger partial charge in [0.05, 0.1) is 0 Å². The van der Waals surface area contributed by atoms with Crippen LogP contribution in [0, 0.1) is 6.92 Å². The van der Waals surface area contributed by atoms with Crippen LogP contribution in [0.15, 0.2) is 23.1 Å². The second kappa shape index (κ2) is 4.94. The van der Waals surface area contributed by atoms with E-state index in [1.165, 1.54) is 12.1 Å². The van der Waals surface area contributed by atoms with E-state index in [-0.39, 0.29) is 17.1 Å². The van der Waals surface area contributed by atoms with Crippen LogP contribution in [0.5, 0.6) is 0 Å². The van der Waals surface area contributed by atoms with Crippen molar-refractivity contribution in [1.29, 1.82) is 0 Å². The van der Waals surface area contributed by atoms with E-state index in [0.29, 0.717) is 5.56 Å². The van der Waals surface area contributed by atoms with E-state index in [4.69, 9.17) is 4.55 Å². The van der Waals surface area contributed by atoms with Gasteiger partial charge in [0.25, 0.3) is 10.1 Å². The van der Waals surface area contributed by atoms with Gasteiger partial charge in [-0.3, -0.25) is 4.55 Å². The Balaban J connectivity index is 3.61. The molecule has 0 spiro atoms. The molecule has 0 heterocycles. The van der Waals surface area contributed by atoms with Gasteiger partial charge in [-0.25, -0.2) is 0 Å². The van der Waals surface area contributed by atoms with E-state index in [1.807, 2.05) is 0 Å². The van der Waals surface area contributed by atoms with E-state index in [1.54, 1.807) is 13.8 Å². The molecular weight excluding hydrogens is 266 g/mol. The molecule has 0 fully saturated rings. The van der Waals surface area contributed by atoms with Crippen LogP contribution in [0.4, 0.5) is 5.69 Å². The first-order chi connectivity index (χ1) is 7.77. The van der Waals surface area contributed by atoms with Crippen LogP contribution in [-0.4, -0.2) is 31.9 Å². The van der Waals surface area contributed by atoms with Gasteiger partial charge in [0.15, 0.2) is 6.54 Å². The van der Waals surface area contributed by atoms with Crippen molar-refractivity contribution in [3.05, 3.63) is 23.8 Å². The van der Waals surface area contributed by atoms with E-state index >= 15 is 0 Å². The molecule has 0 unspecified atom stereocenters. The number of aryl methyl sites for hydroxylation is 1. The molecule has 94 valence electrons. The van der Waals surface area contributed by atoms with Crippen LogP contribution in [0.1, 0.15) is 12.5 Å². The third kappa shape index (κ3) is 3.11. The SMILES string of the molecule is CC[N+](c1cc(S(=O)(=O)O)ccc1C)=S(=O)=O. The summed E-state index contributed by atoms with van der Waals surface area (Å²) in [7, 11) is -6.83. The summed E-state index contributed by atoms with van der Waals surface area (Å²) in [5.41, 5.74) is 0.833. The first-order valence-corrected chi connectivity index (χ1v) is 7.19. The minimum absolute atomic E-state index is 0.173. The number of benzene rings is 1. The highest BCUT2D eigenvalue weighted by molar-refractivity contribution is 7.85. The number of hydrogen-bond donors (Lipinski definition) is 1. The third-order valence-corrected chi connectivity index (χ3v) is 3.88. The highest BCUT2D eigenvalue weighted by Gasteiger charge is 2.19. The van der Waals surface area contributed by atoms with E-state index in [2.05, 4.69) is 0 Å². The summed E-state index contributed by atoms with van der Waals surface area (Å²) in [6, 6.07) is 3.79. The van der Waals surface area contributed by atoms with Crippen molar-refractivity contribution in [2.75, 3.05) is 6.54 Å². The van der Waals surface area contributed by atoms with Crippen LogP contribution >= 0.6 is 0 Å². The molecule has 0 aliphatic heterocycles. The average molecular weight is 278 g/mol. The molecule has 1 aromatic rings. The maximum absolute atomic E-state index is 11.0. The van der Waals surface area contributed by atoms with Gasteiger partial charge in [-0.2, -0.15) is 8.42 Å². The van der Waals surface area contributed by atoms with E-state index < -0.39 is 20.6 Å². The van der Waals surface area contributed by atoms with Gasteiger partial charge in [-0.05, 0) is 19.9 Å². The third-order valence-electron chi connectivity index (χ3n) is 2.21. The molecule has 6 nitrogen and oxygen atoms in total. The fourth-order valence-corrected chi connectivity index (χ4v) is 2.44. The summed E-state index contributed by atoms with van der Waals surface area (Å²) in [6.07, 6.45) is 0. The Bertz CT molecular complexity index is 665. The second-order valence-electron chi connectivity index (χ2n) is 3.34. The normalized spacial score (nSPS) is 11.2. The number of hydrogen-bond acceptors (Lipinski definition) is 4. The lowest BCUT2D eigenvalue weighted by atomic mass is 10.2. The molecular formula is C9H12NO5S2+. The van der Waals surface area contributed by atoms with Crippen LogP contribution < -0.4 is 0 Å². The Morgan fingerprint density at radius 2 is 1.94 bits per heavy atom. The highest BCUT2D eigenvalue weighted by atomic mass is 32.2. The standard InChI is InChI=1S/C9H11NO5S2/c1-3-10(16(11)12)9-6-8(17(13,14)15)5-4-7(9)2/h4-6H,3H2,1-2H3/p+1. The smallest absolute Gasteiger partial charge is 0.282 e. The second-order valence-corrected chi connectivity index (χ2v) is 5.63. The van der Waals surface area contributed by atoms with Gasteiger partial charge in [0.1, 0.15) is 4.90 Å². The summed E-state index contributed by atoms with van der Waals surface area (Å²) in [5.74, 6) is 0. The monoisotopic (exact) mass is 278 g/mol. The summed E-state index contributed by atoms with van der Waals surface area (Å²) >= 11 is 0. The average Bonchev–Trinajstić information content (AvgIpc) is 2.19. The lowest BCUT2D eigenvalue weighted by Crippen LogP contribution is -2.06. The van der Waals surface area contributed by atoms with Crippen LogP contribution in [-0.2, 0) is 20.6 Å². The Morgan fingerprint density at radius 3 is 2.35 bits per heavy atom. The quantitative estimate of drug-likeness (QED) is 0.657. The number of rotatable bonds is 3. The van der Waals surface area contributed by atoms with Crippen molar-refractivity contribution < 1.29 is 25.3 Å². The zero-order valence-electron chi connectivity index (χ0n) is 9.28. The van der Waals surface area contributed by atoms with E-state index in [0.717, 1.165) is 10.0 Å². The molecule has 0 aliphatic carbocycles. The molecule has 17 heavy (non-hydrogen) atoms. The molecule has 0 aromatic heterocycles. The predicted molar refractivity (Wildman–Crippen MR) is 60.4 cm³/mol. The van der Waals surface area contributed by atoms with Gasteiger partial charge in [-0.1, -0.05) is 10.0 Å². The first kappa shape index (κ1) is 13.8. The number of nitrogens with zero attached hydrogens (tertiary/aromatic N) is 1. The zero-order valence-corrected chi connectivity index (χ0v) is 10.9. The molecule has 0 amide bonds. The van der Waals surface area contributed by atoms with Crippen molar-refractivity contribution in [2.24, 2.45) is 0 Å². The Hall–Kier alpha value is -1.25. The highest BCUT2D eigenvalue weighted by Crippen LogP contribution is 2.22. The van der Waals surface area contributed by atoms with Gasteiger partial charge in [-0.15, -0.1) is 8.42 Å². The summed E-state index contributed by atoms with van der Waals surface area (Å²) < 4.78 is 53.7. The fourth-order valence-electron chi connectivity index (χ4n) is 1.37. The minimum atomic E-state index is -4.34. The van der Waals surface area contributed by atoms with Crippen molar-refractivity contribution in [2.45, 2.75) is 18.7 Å². The van der Waals surface area contributed by atoms with Crippen molar-refractivity contribution in [1.82, 2.24) is 0 Å². The van der Waals surface area contributed by atoms with Crippen molar-refractivity contribution in [3.63, 3.8) is 0 Å². The van der Waals surface area contributed by atoms with Crippen LogP contribution in [0.3, 0.4) is 0 Å². The molecule has 0 atom stereocenters. The molecule has 8 heteroatoms. The maximum Gasteiger partial charge on any atom is 0.465 e. The molecule has 0 bridgehead atoms. The maximum atomic E-state index is 11.0. The summed E-state index contributed by atoms with van der Waals surface area (Å²) in [6.45, 7) is 3.44. The lowest BCUT2D eigenvalue weighted by Gasteiger charge is -2.01. The molecule has 1 aromatic carbocycles. The van der Waals surface area contributed by atoms with Gasteiger partial charge in [0, 0.05) is 11.6 Å². The Labute approximate surface area is 101 Å². The Morgan fingerprint density at radius 1 is 1.35 bits per heavy atom. The molecule has 1 N–H and O–H groups in total. The Kier molecular flexibility index (Phi) is 4.02. The topological polar surface area (TPSA) is 91.5 Å². The van der Waals surface area contributed by atoms with Gasteiger partial charge < -0.3 is 0 Å².